The third-order valence-electron chi connectivity index (χ3n) is 3.79. The van der Waals surface area contributed by atoms with Gasteiger partial charge in [0.05, 0.1) is 12.7 Å². The minimum absolute atomic E-state index is 0.101. The number of aromatic amines is 1. The van der Waals surface area contributed by atoms with Crippen LogP contribution in [0.15, 0.2) is 10.9 Å². The minimum Gasteiger partial charge on any atom is -0.340 e. The second kappa shape index (κ2) is 6.88. The number of nitrogens with one attached hydrogen (secondary N) is 1. The van der Waals surface area contributed by atoms with E-state index in [1.807, 2.05) is 13.8 Å². The maximum absolute atomic E-state index is 12.3. The number of H-pyrrole nitrogens is 1. The Balaban J connectivity index is 1.94. The van der Waals surface area contributed by atoms with Gasteiger partial charge in [-0.3, -0.25) is 19.4 Å². The smallest absolute Gasteiger partial charge is 0.266 e. The Labute approximate surface area is 136 Å². The molecule has 0 radical (unpaired) electrons. The summed E-state index contributed by atoms with van der Waals surface area (Å²) in [6.07, 6.45) is 1.30. The zero-order valence-corrected chi connectivity index (χ0v) is 14.6. The Hall–Kier alpha value is -1.61. The Kier molecular flexibility index (Phi) is 5.30. The predicted molar refractivity (Wildman–Crippen MR) is 86.6 cm³/mol. The van der Waals surface area contributed by atoms with Crippen molar-refractivity contribution in [3.63, 3.8) is 0 Å². The summed E-state index contributed by atoms with van der Waals surface area (Å²) in [5, 5.41) is 2.97. The van der Waals surface area contributed by atoms with E-state index < -0.39 is 10.0 Å². The van der Waals surface area contributed by atoms with Crippen LogP contribution in [0.1, 0.15) is 19.5 Å². The van der Waals surface area contributed by atoms with E-state index in [-0.39, 0.29) is 17.9 Å². The van der Waals surface area contributed by atoms with Crippen LogP contribution in [0.4, 0.5) is 0 Å². The van der Waals surface area contributed by atoms with Crippen molar-refractivity contribution >= 4 is 15.9 Å². The Morgan fingerprint density at radius 2 is 1.87 bits per heavy atom. The van der Waals surface area contributed by atoms with Crippen LogP contribution < -0.4 is 5.56 Å². The number of carbonyl (C=O) groups is 1. The van der Waals surface area contributed by atoms with Crippen LogP contribution in [-0.2, 0) is 27.8 Å². The summed E-state index contributed by atoms with van der Waals surface area (Å²) in [6.45, 7) is 6.00. The van der Waals surface area contributed by atoms with E-state index >= 15 is 0 Å². The second-order valence-electron chi connectivity index (χ2n) is 6.34. The van der Waals surface area contributed by atoms with Gasteiger partial charge < -0.3 is 4.90 Å². The van der Waals surface area contributed by atoms with E-state index in [4.69, 9.17) is 0 Å². The van der Waals surface area contributed by atoms with Gasteiger partial charge in [-0.05, 0) is 5.92 Å². The first-order valence-corrected chi connectivity index (χ1v) is 9.53. The van der Waals surface area contributed by atoms with Crippen molar-refractivity contribution in [3.05, 3.63) is 22.1 Å². The van der Waals surface area contributed by atoms with Crippen LogP contribution in [0, 0.1) is 5.92 Å². The second-order valence-corrected chi connectivity index (χ2v) is 8.33. The molecule has 8 nitrogen and oxygen atoms in total. The van der Waals surface area contributed by atoms with E-state index in [9.17, 15) is 18.0 Å². The molecule has 1 aliphatic rings. The molecule has 0 atom stereocenters. The van der Waals surface area contributed by atoms with Crippen molar-refractivity contribution in [2.75, 3.05) is 32.4 Å². The Bertz CT molecular complexity index is 711. The standard InChI is InChI=1S/C14H24N4O4S/c1-11(2)10-18-14(20)9-12(15-18)8-13(19)16-4-6-17(7-5-16)23(3,21)22/h9,11,15H,4-8,10H2,1-3H3. The molecule has 1 fully saturated rings. The fourth-order valence-corrected chi connectivity index (χ4v) is 3.45. The maximum atomic E-state index is 12.3. The number of piperazine rings is 1. The minimum atomic E-state index is -3.20. The van der Waals surface area contributed by atoms with Crippen molar-refractivity contribution < 1.29 is 13.2 Å². The van der Waals surface area contributed by atoms with Crippen LogP contribution in [0.3, 0.4) is 0 Å². The van der Waals surface area contributed by atoms with Crippen molar-refractivity contribution in [2.45, 2.75) is 26.8 Å². The first-order valence-electron chi connectivity index (χ1n) is 7.68. The molecule has 2 heterocycles. The van der Waals surface area contributed by atoms with Crippen molar-refractivity contribution in [1.29, 1.82) is 0 Å². The van der Waals surface area contributed by atoms with Gasteiger partial charge in [0.1, 0.15) is 0 Å². The third kappa shape index (κ3) is 4.68. The van der Waals surface area contributed by atoms with Crippen molar-refractivity contribution in [1.82, 2.24) is 19.0 Å². The molecule has 1 amide bonds. The number of sulfonamides is 1. The topological polar surface area (TPSA) is 95.5 Å². The molecule has 130 valence electrons. The van der Waals surface area contributed by atoms with E-state index in [0.717, 1.165) is 0 Å². The lowest BCUT2D eigenvalue weighted by atomic mass is 10.2. The van der Waals surface area contributed by atoms with Gasteiger partial charge in [0.25, 0.3) is 5.56 Å². The molecular weight excluding hydrogens is 320 g/mol. The lowest BCUT2D eigenvalue weighted by molar-refractivity contribution is -0.131. The normalized spacial score (nSPS) is 17.0. The predicted octanol–water partition coefficient (Wildman–Crippen LogP) is -0.521. The van der Waals surface area contributed by atoms with E-state index in [1.165, 1.54) is 21.3 Å². The largest absolute Gasteiger partial charge is 0.340 e. The zero-order valence-electron chi connectivity index (χ0n) is 13.8. The average Bonchev–Trinajstić information content (AvgIpc) is 2.77. The summed E-state index contributed by atoms with van der Waals surface area (Å²) in [5.74, 6) is 0.232. The Morgan fingerprint density at radius 1 is 1.26 bits per heavy atom. The quantitative estimate of drug-likeness (QED) is 0.777. The molecule has 0 bridgehead atoms. The molecule has 1 saturated heterocycles. The van der Waals surface area contributed by atoms with E-state index in [2.05, 4.69) is 5.10 Å². The van der Waals surface area contributed by atoms with Gasteiger partial charge in [-0.1, -0.05) is 13.8 Å². The molecule has 9 heteroatoms. The van der Waals surface area contributed by atoms with Gasteiger partial charge >= 0.3 is 0 Å². The third-order valence-corrected chi connectivity index (χ3v) is 5.10. The van der Waals surface area contributed by atoms with Crippen molar-refractivity contribution in [2.24, 2.45) is 5.92 Å². The number of hydrogen-bond acceptors (Lipinski definition) is 4. The van der Waals surface area contributed by atoms with E-state index in [1.54, 1.807) is 4.90 Å². The molecule has 2 rings (SSSR count). The van der Waals surface area contributed by atoms with Crippen LogP contribution >= 0.6 is 0 Å². The fraction of sp³-hybridized carbons (Fsp3) is 0.714. The van der Waals surface area contributed by atoms with E-state index in [0.29, 0.717) is 44.3 Å². The van der Waals surface area contributed by atoms with Crippen LogP contribution in [0.5, 0.6) is 0 Å². The molecule has 0 aromatic carbocycles. The monoisotopic (exact) mass is 344 g/mol. The summed E-state index contributed by atoms with van der Waals surface area (Å²) >= 11 is 0. The fourth-order valence-electron chi connectivity index (χ4n) is 2.62. The lowest BCUT2D eigenvalue weighted by Gasteiger charge is -2.33. The highest BCUT2D eigenvalue weighted by Gasteiger charge is 2.26. The molecule has 1 N–H and O–H groups in total. The maximum Gasteiger partial charge on any atom is 0.266 e. The van der Waals surface area contributed by atoms with Crippen LogP contribution in [0.2, 0.25) is 0 Å². The summed E-state index contributed by atoms with van der Waals surface area (Å²) in [7, 11) is -3.20. The van der Waals surface area contributed by atoms with Gasteiger partial charge in [-0.25, -0.2) is 8.42 Å². The molecule has 0 saturated carbocycles. The van der Waals surface area contributed by atoms with Gasteiger partial charge in [0, 0.05) is 44.5 Å². The summed E-state index contributed by atoms with van der Waals surface area (Å²) < 4.78 is 25.8. The zero-order chi connectivity index (χ0) is 17.2. The molecule has 0 aliphatic carbocycles. The number of hydrogen-bond donors (Lipinski definition) is 1. The van der Waals surface area contributed by atoms with Gasteiger partial charge in [-0.2, -0.15) is 4.31 Å². The SMILES string of the molecule is CC(C)Cn1[nH]c(CC(=O)N2CCN(S(C)(=O)=O)CC2)cc1=O. The summed E-state index contributed by atoms with van der Waals surface area (Å²) in [4.78, 5) is 25.8. The number of amides is 1. The molecule has 23 heavy (non-hydrogen) atoms. The highest BCUT2D eigenvalue weighted by atomic mass is 32.2. The van der Waals surface area contributed by atoms with Gasteiger partial charge in [-0.15, -0.1) is 0 Å². The highest BCUT2D eigenvalue weighted by Crippen LogP contribution is 2.08. The highest BCUT2D eigenvalue weighted by molar-refractivity contribution is 7.88. The van der Waals surface area contributed by atoms with Gasteiger partial charge in [0.15, 0.2) is 0 Å². The molecule has 1 aromatic rings. The first kappa shape index (κ1) is 17.7. The molecule has 0 spiro atoms. The lowest BCUT2D eigenvalue weighted by Crippen LogP contribution is -2.50. The number of aromatic nitrogens is 2. The van der Waals surface area contributed by atoms with Crippen LogP contribution in [0.25, 0.3) is 0 Å². The first-order chi connectivity index (χ1) is 10.7. The Morgan fingerprint density at radius 3 is 2.39 bits per heavy atom. The number of rotatable bonds is 5. The molecule has 0 unspecified atom stereocenters. The molecule has 1 aliphatic heterocycles. The molecule has 1 aromatic heterocycles. The number of carbonyl (C=O) groups excluding carboxylic acids is 1. The number of nitrogens with zero attached hydrogens (tertiary/aromatic N) is 3. The van der Waals surface area contributed by atoms with Crippen LogP contribution in [-0.4, -0.2) is 65.7 Å². The van der Waals surface area contributed by atoms with Crippen molar-refractivity contribution in [3.8, 4) is 0 Å². The summed E-state index contributed by atoms with van der Waals surface area (Å²) in [6, 6.07) is 1.45. The summed E-state index contributed by atoms with van der Waals surface area (Å²) in [5.41, 5.74) is 0.453. The van der Waals surface area contributed by atoms with Gasteiger partial charge in [0.2, 0.25) is 15.9 Å². The molecular formula is C14H24N4O4S. The average molecular weight is 344 g/mol.